The zero-order chi connectivity index (χ0) is 22.9. The van der Waals surface area contributed by atoms with Crippen molar-refractivity contribution in [3.8, 4) is 17.2 Å². The van der Waals surface area contributed by atoms with Gasteiger partial charge in [-0.2, -0.15) is 0 Å². The summed E-state index contributed by atoms with van der Waals surface area (Å²) in [6.07, 6.45) is 0. The molecule has 11 heteroatoms. The predicted octanol–water partition coefficient (Wildman–Crippen LogP) is 1.65. The normalized spacial score (nSPS) is 14.2. The Balaban J connectivity index is 1.81. The topological polar surface area (TPSA) is 102 Å². The van der Waals surface area contributed by atoms with Crippen molar-refractivity contribution < 1.29 is 36.6 Å². The molecule has 31 heavy (non-hydrogen) atoms. The first-order valence-corrected chi connectivity index (χ1v) is 10.5. The molecule has 2 amide bonds. The van der Waals surface area contributed by atoms with Crippen LogP contribution in [0.5, 0.6) is 17.2 Å². The fourth-order valence-corrected chi connectivity index (χ4v) is 4.69. The van der Waals surface area contributed by atoms with E-state index in [1.807, 2.05) is 0 Å². The maximum atomic E-state index is 13.9. The monoisotopic (exact) mass is 452 g/mol. The SMILES string of the molecule is COc1ccc(CN(C)C(=O)CN2C(=O)c3cc(OC)c(OC)cc3S2(=O)=O)cc1F. The number of amides is 2. The van der Waals surface area contributed by atoms with Gasteiger partial charge in [0.15, 0.2) is 23.1 Å². The summed E-state index contributed by atoms with van der Waals surface area (Å²) in [5.41, 5.74) is 0.368. The molecule has 0 saturated heterocycles. The maximum absolute atomic E-state index is 13.9. The Labute approximate surface area is 179 Å². The first-order chi connectivity index (χ1) is 14.6. The van der Waals surface area contributed by atoms with Crippen molar-refractivity contribution >= 4 is 21.8 Å². The Morgan fingerprint density at radius 2 is 1.65 bits per heavy atom. The van der Waals surface area contributed by atoms with Crippen LogP contribution in [0.25, 0.3) is 0 Å². The largest absolute Gasteiger partial charge is 0.494 e. The lowest BCUT2D eigenvalue weighted by molar-refractivity contribution is -0.130. The van der Waals surface area contributed by atoms with E-state index in [1.165, 1.54) is 57.5 Å². The average molecular weight is 452 g/mol. The Hall–Kier alpha value is -3.34. The first-order valence-electron chi connectivity index (χ1n) is 9.03. The fraction of sp³-hybridized carbons (Fsp3) is 0.300. The molecular formula is C20H21FN2O7S. The number of ether oxygens (including phenoxy) is 3. The second-order valence-corrected chi connectivity index (χ2v) is 8.57. The van der Waals surface area contributed by atoms with Gasteiger partial charge in [0.2, 0.25) is 5.91 Å². The highest BCUT2D eigenvalue weighted by atomic mass is 32.2. The van der Waals surface area contributed by atoms with Crippen molar-refractivity contribution in [3.63, 3.8) is 0 Å². The zero-order valence-corrected chi connectivity index (χ0v) is 18.2. The van der Waals surface area contributed by atoms with E-state index >= 15 is 0 Å². The number of rotatable bonds is 7. The summed E-state index contributed by atoms with van der Waals surface area (Å²) in [7, 11) is 1.22. The minimum atomic E-state index is -4.25. The van der Waals surface area contributed by atoms with Crippen molar-refractivity contribution in [3.05, 3.63) is 47.3 Å². The summed E-state index contributed by atoms with van der Waals surface area (Å²) < 4.78 is 55.2. The van der Waals surface area contributed by atoms with Crippen LogP contribution >= 0.6 is 0 Å². The van der Waals surface area contributed by atoms with Crippen LogP contribution in [0.1, 0.15) is 15.9 Å². The van der Waals surface area contributed by atoms with Crippen LogP contribution in [-0.4, -0.2) is 64.4 Å². The van der Waals surface area contributed by atoms with Crippen LogP contribution in [0, 0.1) is 5.82 Å². The van der Waals surface area contributed by atoms with E-state index < -0.39 is 34.2 Å². The van der Waals surface area contributed by atoms with Crippen LogP contribution in [0.4, 0.5) is 4.39 Å². The van der Waals surface area contributed by atoms with Gasteiger partial charge in [-0.1, -0.05) is 6.07 Å². The molecule has 0 radical (unpaired) electrons. The summed E-state index contributed by atoms with van der Waals surface area (Å²) >= 11 is 0. The first kappa shape index (κ1) is 22.3. The standard InChI is InChI=1S/C20H21FN2O7S/c1-22(10-12-5-6-15(28-2)14(21)7-12)19(24)11-23-20(25)13-8-16(29-3)17(30-4)9-18(13)31(23,26)27/h5-9H,10-11H2,1-4H3. The van der Waals surface area contributed by atoms with Gasteiger partial charge in [-0.15, -0.1) is 0 Å². The van der Waals surface area contributed by atoms with Crippen molar-refractivity contribution in [1.29, 1.82) is 0 Å². The number of hydrogen-bond acceptors (Lipinski definition) is 7. The van der Waals surface area contributed by atoms with Crippen LogP contribution < -0.4 is 14.2 Å². The van der Waals surface area contributed by atoms with Crippen molar-refractivity contribution in [1.82, 2.24) is 9.21 Å². The summed E-state index contributed by atoms with van der Waals surface area (Å²) in [6.45, 7) is -0.688. The average Bonchev–Trinajstić information content (AvgIpc) is 2.92. The molecule has 166 valence electrons. The molecule has 0 aliphatic carbocycles. The van der Waals surface area contributed by atoms with E-state index in [9.17, 15) is 22.4 Å². The molecular weight excluding hydrogens is 431 g/mol. The minimum absolute atomic E-state index is 0.0103. The van der Waals surface area contributed by atoms with E-state index in [0.717, 1.165) is 0 Å². The van der Waals surface area contributed by atoms with Gasteiger partial charge in [0.05, 0.1) is 26.9 Å². The molecule has 2 aromatic carbocycles. The molecule has 1 aliphatic heterocycles. The van der Waals surface area contributed by atoms with E-state index in [2.05, 4.69) is 0 Å². The Kier molecular flexibility index (Phi) is 6.07. The molecule has 0 saturated carbocycles. The molecule has 0 spiro atoms. The lowest BCUT2D eigenvalue weighted by atomic mass is 10.2. The number of carbonyl (C=O) groups excluding carboxylic acids is 2. The molecule has 3 rings (SSSR count). The Morgan fingerprint density at radius 1 is 1.03 bits per heavy atom. The number of halogens is 1. The molecule has 0 atom stereocenters. The summed E-state index contributed by atoms with van der Waals surface area (Å²) in [6, 6.07) is 6.68. The Bertz CT molecular complexity index is 1150. The third-order valence-corrected chi connectivity index (χ3v) is 6.62. The number of hydrogen-bond donors (Lipinski definition) is 0. The smallest absolute Gasteiger partial charge is 0.269 e. The van der Waals surface area contributed by atoms with Gasteiger partial charge in [-0.25, -0.2) is 17.1 Å². The number of carbonyl (C=O) groups is 2. The van der Waals surface area contributed by atoms with Crippen molar-refractivity contribution in [2.24, 2.45) is 0 Å². The molecule has 0 aromatic heterocycles. The van der Waals surface area contributed by atoms with Crippen LogP contribution in [0.3, 0.4) is 0 Å². The number of fused-ring (bicyclic) bond motifs is 1. The van der Waals surface area contributed by atoms with Crippen molar-refractivity contribution in [2.45, 2.75) is 11.4 Å². The number of nitrogens with zero attached hydrogens (tertiary/aromatic N) is 2. The predicted molar refractivity (Wildman–Crippen MR) is 107 cm³/mol. The van der Waals surface area contributed by atoms with Gasteiger partial charge in [0, 0.05) is 19.7 Å². The molecule has 9 nitrogen and oxygen atoms in total. The number of likely N-dealkylation sites (N-methyl/N-ethyl adjacent to an activating group) is 1. The molecule has 1 heterocycles. The highest BCUT2D eigenvalue weighted by Crippen LogP contribution is 2.38. The van der Waals surface area contributed by atoms with Crippen molar-refractivity contribution in [2.75, 3.05) is 34.9 Å². The molecule has 0 N–H and O–H groups in total. The van der Waals surface area contributed by atoms with Crippen LogP contribution in [0.15, 0.2) is 35.2 Å². The van der Waals surface area contributed by atoms with Gasteiger partial charge >= 0.3 is 0 Å². The molecule has 2 aromatic rings. The quantitative estimate of drug-likeness (QED) is 0.629. The van der Waals surface area contributed by atoms with E-state index in [4.69, 9.17) is 14.2 Å². The second kappa shape index (κ2) is 8.42. The molecule has 0 bridgehead atoms. The number of benzene rings is 2. The summed E-state index contributed by atoms with van der Waals surface area (Å²) in [4.78, 5) is 26.3. The van der Waals surface area contributed by atoms with E-state index in [-0.39, 0.29) is 34.3 Å². The second-order valence-electron chi connectivity index (χ2n) is 6.74. The third kappa shape index (κ3) is 4.00. The summed E-state index contributed by atoms with van der Waals surface area (Å²) in [5, 5.41) is 0. The lowest BCUT2D eigenvalue weighted by Crippen LogP contribution is -2.41. The van der Waals surface area contributed by atoms with Crippen LogP contribution in [-0.2, 0) is 21.4 Å². The maximum Gasteiger partial charge on any atom is 0.269 e. The van der Waals surface area contributed by atoms with E-state index in [0.29, 0.717) is 9.87 Å². The zero-order valence-electron chi connectivity index (χ0n) is 17.3. The summed E-state index contributed by atoms with van der Waals surface area (Å²) in [5.74, 6) is -1.67. The highest BCUT2D eigenvalue weighted by Gasteiger charge is 2.43. The van der Waals surface area contributed by atoms with E-state index in [1.54, 1.807) is 6.07 Å². The molecule has 0 fully saturated rings. The molecule has 1 aliphatic rings. The van der Waals surface area contributed by atoms with Gasteiger partial charge in [-0.05, 0) is 23.8 Å². The Morgan fingerprint density at radius 3 is 2.23 bits per heavy atom. The third-order valence-electron chi connectivity index (χ3n) is 4.85. The van der Waals surface area contributed by atoms with Gasteiger partial charge in [0.1, 0.15) is 11.4 Å². The molecule has 0 unspecified atom stereocenters. The van der Waals surface area contributed by atoms with Gasteiger partial charge in [-0.3, -0.25) is 9.59 Å². The van der Waals surface area contributed by atoms with Gasteiger partial charge in [0.25, 0.3) is 15.9 Å². The van der Waals surface area contributed by atoms with Gasteiger partial charge < -0.3 is 19.1 Å². The number of sulfonamides is 1. The lowest BCUT2D eigenvalue weighted by Gasteiger charge is -2.21. The minimum Gasteiger partial charge on any atom is -0.494 e. The fourth-order valence-electron chi connectivity index (χ4n) is 3.17. The highest BCUT2D eigenvalue weighted by molar-refractivity contribution is 7.90. The van der Waals surface area contributed by atoms with Crippen LogP contribution in [0.2, 0.25) is 0 Å². The number of methoxy groups -OCH3 is 3.